The SMILES string of the molecule is CCCCCCCCCCCOC(=O)CCCCCN1CC(OC(=O)CCN(C)C)CC[C@H]1C(=O)OCCCCCCCC(=O)OC(CCCCCCCC)CCCCCCCC. The number of piperidine rings is 1. The fourth-order valence-corrected chi connectivity index (χ4v) is 8.59. The molecule has 0 saturated carbocycles. The fourth-order valence-electron chi connectivity index (χ4n) is 8.59. The monoisotopic (exact) mass is 893 g/mol. The second kappa shape index (κ2) is 42.4. The van der Waals surface area contributed by atoms with E-state index in [1.54, 1.807) is 0 Å². The molecule has 0 aliphatic carbocycles. The van der Waals surface area contributed by atoms with Crippen molar-refractivity contribution in [2.24, 2.45) is 0 Å². The molecular formula is C53H100N2O8. The molecule has 1 saturated heterocycles. The lowest BCUT2D eigenvalue weighted by Gasteiger charge is -2.38. The molecular weight excluding hydrogens is 793 g/mol. The van der Waals surface area contributed by atoms with Crippen LogP contribution in [0.5, 0.6) is 0 Å². The molecule has 1 heterocycles. The van der Waals surface area contributed by atoms with Gasteiger partial charge in [0.05, 0.1) is 19.6 Å². The van der Waals surface area contributed by atoms with Gasteiger partial charge < -0.3 is 23.8 Å². The highest BCUT2D eigenvalue weighted by atomic mass is 16.6. The molecule has 0 aromatic heterocycles. The first-order chi connectivity index (χ1) is 30.7. The van der Waals surface area contributed by atoms with Crippen LogP contribution < -0.4 is 0 Å². The first-order valence-electron chi connectivity index (χ1n) is 26.8. The maximum atomic E-state index is 13.4. The van der Waals surface area contributed by atoms with E-state index in [-0.39, 0.29) is 42.1 Å². The van der Waals surface area contributed by atoms with Crippen LogP contribution in [-0.2, 0) is 38.1 Å². The second-order valence-corrected chi connectivity index (χ2v) is 19.0. The number of hydrogen-bond donors (Lipinski definition) is 0. The highest BCUT2D eigenvalue weighted by Gasteiger charge is 2.35. The van der Waals surface area contributed by atoms with E-state index < -0.39 is 0 Å². The molecule has 1 aliphatic heterocycles. The number of unbranched alkanes of at least 4 members (excludes halogenated alkanes) is 24. The summed E-state index contributed by atoms with van der Waals surface area (Å²) in [6.45, 7) is 9.46. The summed E-state index contributed by atoms with van der Waals surface area (Å²) in [6.07, 6.45) is 37.4. The summed E-state index contributed by atoms with van der Waals surface area (Å²) in [5.41, 5.74) is 0. The molecule has 1 fully saturated rings. The van der Waals surface area contributed by atoms with Crippen molar-refractivity contribution in [3.63, 3.8) is 0 Å². The number of esters is 4. The number of likely N-dealkylation sites (tertiary alicyclic amines) is 1. The summed E-state index contributed by atoms with van der Waals surface area (Å²) < 4.78 is 23.2. The molecule has 0 aromatic rings. The van der Waals surface area contributed by atoms with Gasteiger partial charge in [-0.15, -0.1) is 0 Å². The lowest BCUT2D eigenvalue weighted by molar-refractivity contribution is -0.159. The van der Waals surface area contributed by atoms with Crippen LogP contribution in [0.4, 0.5) is 0 Å². The zero-order valence-corrected chi connectivity index (χ0v) is 41.9. The summed E-state index contributed by atoms with van der Waals surface area (Å²) in [5.74, 6) is -0.576. The van der Waals surface area contributed by atoms with Gasteiger partial charge in [0.1, 0.15) is 18.2 Å². The largest absolute Gasteiger partial charge is 0.466 e. The lowest BCUT2D eigenvalue weighted by atomic mass is 9.99. The van der Waals surface area contributed by atoms with Gasteiger partial charge in [-0.2, -0.15) is 0 Å². The van der Waals surface area contributed by atoms with E-state index in [2.05, 4.69) is 25.7 Å². The van der Waals surface area contributed by atoms with Crippen molar-refractivity contribution >= 4 is 23.9 Å². The van der Waals surface area contributed by atoms with Crippen molar-refractivity contribution in [3.05, 3.63) is 0 Å². The van der Waals surface area contributed by atoms with E-state index >= 15 is 0 Å². The van der Waals surface area contributed by atoms with E-state index in [4.69, 9.17) is 18.9 Å². The quantitative estimate of drug-likeness (QED) is 0.0333. The van der Waals surface area contributed by atoms with Gasteiger partial charge in [-0.05, 0) is 91.3 Å². The Morgan fingerprint density at radius 2 is 0.968 bits per heavy atom. The Kier molecular flexibility index (Phi) is 39.6. The summed E-state index contributed by atoms with van der Waals surface area (Å²) in [4.78, 5) is 55.2. The maximum Gasteiger partial charge on any atom is 0.323 e. The van der Waals surface area contributed by atoms with Gasteiger partial charge in [-0.1, -0.05) is 162 Å². The topological polar surface area (TPSA) is 112 Å². The Balaban J connectivity index is 2.41. The molecule has 1 unspecified atom stereocenters. The standard InChI is InChI=1S/C53H100N2O8/c1-6-9-12-15-18-19-20-25-33-44-60-50(56)37-31-27-32-42-55-46-48(63-52(58)41-43-54(4)5)39-40-49(55)53(59)61-45-34-26-21-24-30-38-51(57)62-47(35-28-22-16-13-10-7-2)36-29-23-17-14-11-8-3/h47-49H,6-46H2,1-5H3/t48?,49-/m0/s1. The van der Waals surface area contributed by atoms with Crippen LogP contribution in [-0.4, -0.2) is 98.9 Å². The van der Waals surface area contributed by atoms with E-state index in [0.29, 0.717) is 65.0 Å². The number of hydrogen-bond acceptors (Lipinski definition) is 10. The van der Waals surface area contributed by atoms with Gasteiger partial charge in [-0.3, -0.25) is 24.1 Å². The third-order valence-corrected chi connectivity index (χ3v) is 12.6. The predicted molar refractivity (Wildman–Crippen MR) is 259 cm³/mol. The summed E-state index contributed by atoms with van der Waals surface area (Å²) in [5, 5.41) is 0. The predicted octanol–water partition coefficient (Wildman–Crippen LogP) is 13.2. The van der Waals surface area contributed by atoms with Crippen LogP contribution in [0.15, 0.2) is 0 Å². The van der Waals surface area contributed by atoms with Crippen LogP contribution in [0.2, 0.25) is 0 Å². The summed E-state index contributed by atoms with van der Waals surface area (Å²) in [7, 11) is 3.87. The highest BCUT2D eigenvalue weighted by molar-refractivity contribution is 5.76. The molecule has 0 aromatic carbocycles. The number of ether oxygens (including phenoxy) is 4. The molecule has 0 N–H and O–H groups in total. The molecule has 1 rings (SSSR count). The molecule has 10 heteroatoms. The Hall–Kier alpha value is -2.20. The minimum atomic E-state index is -0.361. The van der Waals surface area contributed by atoms with Gasteiger partial charge in [0.15, 0.2) is 0 Å². The minimum Gasteiger partial charge on any atom is -0.466 e. The Labute approximate surface area is 387 Å². The van der Waals surface area contributed by atoms with Gasteiger partial charge in [-0.25, -0.2) is 0 Å². The van der Waals surface area contributed by atoms with Crippen LogP contribution in [0.3, 0.4) is 0 Å². The summed E-state index contributed by atoms with van der Waals surface area (Å²) in [6, 6.07) is -0.361. The molecule has 0 radical (unpaired) electrons. The Bertz CT molecular complexity index is 1090. The minimum absolute atomic E-state index is 0.0457. The molecule has 0 bridgehead atoms. The van der Waals surface area contributed by atoms with Crippen molar-refractivity contribution < 1.29 is 38.1 Å². The molecule has 1 aliphatic rings. The third kappa shape index (κ3) is 35.7. The average molecular weight is 893 g/mol. The Morgan fingerprint density at radius 3 is 1.51 bits per heavy atom. The first kappa shape index (κ1) is 58.8. The first-order valence-corrected chi connectivity index (χ1v) is 26.8. The van der Waals surface area contributed by atoms with Crippen molar-refractivity contribution in [2.75, 3.05) is 46.9 Å². The van der Waals surface area contributed by atoms with Gasteiger partial charge in [0.2, 0.25) is 0 Å². The number of carbonyl (C=O) groups is 4. The van der Waals surface area contributed by atoms with Crippen LogP contribution in [0.1, 0.15) is 252 Å². The molecule has 0 spiro atoms. The van der Waals surface area contributed by atoms with E-state index in [0.717, 1.165) is 89.9 Å². The number of nitrogens with zero attached hydrogens (tertiary/aromatic N) is 2. The third-order valence-electron chi connectivity index (χ3n) is 12.6. The molecule has 0 amide bonds. The molecule has 10 nitrogen and oxygen atoms in total. The van der Waals surface area contributed by atoms with Crippen molar-refractivity contribution in [1.82, 2.24) is 9.80 Å². The maximum absolute atomic E-state index is 13.4. The average Bonchev–Trinajstić information content (AvgIpc) is 3.26. The number of rotatable bonds is 44. The summed E-state index contributed by atoms with van der Waals surface area (Å²) >= 11 is 0. The van der Waals surface area contributed by atoms with E-state index in [9.17, 15) is 19.2 Å². The van der Waals surface area contributed by atoms with Crippen LogP contribution >= 0.6 is 0 Å². The van der Waals surface area contributed by atoms with Crippen molar-refractivity contribution in [1.29, 1.82) is 0 Å². The smallest absolute Gasteiger partial charge is 0.323 e. The second-order valence-electron chi connectivity index (χ2n) is 19.0. The zero-order valence-electron chi connectivity index (χ0n) is 41.9. The van der Waals surface area contributed by atoms with Crippen LogP contribution in [0, 0.1) is 0 Å². The van der Waals surface area contributed by atoms with Gasteiger partial charge >= 0.3 is 23.9 Å². The molecule has 63 heavy (non-hydrogen) atoms. The lowest BCUT2D eigenvalue weighted by Crippen LogP contribution is -2.51. The normalized spacial score (nSPS) is 15.5. The van der Waals surface area contributed by atoms with Gasteiger partial charge in [0, 0.05) is 25.9 Å². The highest BCUT2D eigenvalue weighted by Crippen LogP contribution is 2.23. The Morgan fingerprint density at radius 1 is 0.508 bits per heavy atom. The van der Waals surface area contributed by atoms with Crippen molar-refractivity contribution in [3.8, 4) is 0 Å². The zero-order chi connectivity index (χ0) is 46.0. The van der Waals surface area contributed by atoms with Gasteiger partial charge in [0.25, 0.3) is 0 Å². The van der Waals surface area contributed by atoms with E-state index in [1.165, 1.54) is 109 Å². The molecule has 2 atom stereocenters. The van der Waals surface area contributed by atoms with Crippen LogP contribution in [0.25, 0.3) is 0 Å². The molecule has 370 valence electrons. The van der Waals surface area contributed by atoms with E-state index in [1.807, 2.05) is 19.0 Å². The fraction of sp³-hybridized carbons (Fsp3) is 0.925. The number of carbonyl (C=O) groups excluding carboxylic acids is 4. The van der Waals surface area contributed by atoms with Crippen molar-refractivity contribution in [2.45, 2.75) is 270 Å².